The Bertz CT molecular complexity index is 154. The SMILES string of the molecule is CC(C)(C)OC[C@@H](O)[C@H](O)[C@@H](O)CO. The lowest BCUT2D eigenvalue weighted by molar-refractivity contribution is -0.121. The van der Waals surface area contributed by atoms with E-state index >= 15 is 0 Å². The Morgan fingerprint density at radius 3 is 1.93 bits per heavy atom. The van der Waals surface area contributed by atoms with E-state index in [1.807, 2.05) is 20.8 Å². The third kappa shape index (κ3) is 5.51. The fourth-order valence-corrected chi connectivity index (χ4v) is 0.798. The zero-order valence-electron chi connectivity index (χ0n) is 8.84. The van der Waals surface area contributed by atoms with Crippen LogP contribution in [0.2, 0.25) is 0 Å². The van der Waals surface area contributed by atoms with E-state index in [1.165, 1.54) is 0 Å². The lowest BCUT2D eigenvalue weighted by atomic mass is 10.1. The summed E-state index contributed by atoms with van der Waals surface area (Å²) in [5, 5.41) is 36.1. The Morgan fingerprint density at radius 1 is 1.07 bits per heavy atom. The van der Waals surface area contributed by atoms with Crippen LogP contribution in [0.1, 0.15) is 20.8 Å². The fraction of sp³-hybridized carbons (Fsp3) is 1.00. The highest BCUT2D eigenvalue weighted by Crippen LogP contribution is 2.09. The van der Waals surface area contributed by atoms with Gasteiger partial charge >= 0.3 is 0 Å². The van der Waals surface area contributed by atoms with Crippen LogP contribution in [0.5, 0.6) is 0 Å². The van der Waals surface area contributed by atoms with Gasteiger partial charge < -0.3 is 25.2 Å². The maximum atomic E-state index is 9.34. The second-order valence-corrected chi connectivity index (χ2v) is 4.23. The Balaban J connectivity index is 3.90. The minimum absolute atomic E-state index is 0.0816. The topological polar surface area (TPSA) is 90.2 Å². The third-order valence-electron chi connectivity index (χ3n) is 1.66. The standard InChI is InChI=1S/C9H20O5/c1-9(2,3)14-5-7(12)8(13)6(11)4-10/h6-8,10-13H,4-5H2,1-3H3/t6-,7+,8+/m0/s1. The van der Waals surface area contributed by atoms with E-state index in [-0.39, 0.29) is 6.61 Å². The summed E-state index contributed by atoms with van der Waals surface area (Å²) >= 11 is 0. The Labute approximate surface area is 83.9 Å². The van der Waals surface area contributed by atoms with Gasteiger partial charge in [0.05, 0.1) is 18.8 Å². The van der Waals surface area contributed by atoms with Gasteiger partial charge in [0.15, 0.2) is 0 Å². The average Bonchev–Trinajstić information content (AvgIpc) is 2.10. The highest BCUT2D eigenvalue weighted by atomic mass is 16.5. The maximum Gasteiger partial charge on any atom is 0.110 e. The van der Waals surface area contributed by atoms with Gasteiger partial charge in [-0.05, 0) is 20.8 Å². The van der Waals surface area contributed by atoms with Crippen molar-refractivity contribution in [1.82, 2.24) is 0 Å². The minimum Gasteiger partial charge on any atom is -0.394 e. The molecule has 0 aliphatic heterocycles. The molecule has 0 aromatic rings. The van der Waals surface area contributed by atoms with Crippen LogP contribution in [-0.2, 0) is 4.74 Å². The summed E-state index contributed by atoms with van der Waals surface area (Å²) in [4.78, 5) is 0. The van der Waals surface area contributed by atoms with Gasteiger partial charge in [-0.1, -0.05) is 0 Å². The summed E-state index contributed by atoms with van der Waals surface area (Å²) < 4.78 is 5.20. The van der Waals surface area contributed by atoms with Crippen LogP contribution in [0.3, 0.4) is 0 Å². The molecule has 0 saturated heterocycles. The molecule has 5 nitrogen and oxygen atoms in total. The average molecular weight is 208 g/mol. The molecule has 0 heterocycles. The number of hydrogen-bond donors (Lipinski definition) is 4. The van der Waals surface area contributed by atoms with Crippen molar-refractivity contribution >= 4 is 0 Å². The normalized spacial score (nSPS) is 19.1. The van der Waals surface area contributed by atoms with Gasteiger partial charge in [0.2, 0.25) is 0 Å². The number of hydrogen-bond acceptors (Lipinski definition) is 5. The lowest BCUT2D eigenvalue weighted by Crippen LogP contribution is -2.43. The molecule has 3 atom stereocenters. The van der Waals surface area contributed by atoms with E-state index in [0.29, 0.717) is 0 Å². The Kier molecular flexibility index (Phi) is 5.54. The molecule has 4 N–H and O–H groups in total. The van der Waals surface area contributed by atoms with Crippen molar-refractivity contribution in [3.63, 3.8) is 0 Å². The molecule has 5 heteroatoms. The van der Waals surface area contributed by atoms with E-state index in [0.717, 1.165) is 0 Å². The van der Waals surface area contributed by atoms with Gasteiger partial charge in [0, 0.05) is 0 Å². The van der Waals surface area contributed by atoms with Crippen molar-refractivity contribution in [2.75, 3.05) is 13.2 Å². The molecule has 0 aromatic carbocycles. The molecule has 0 aromatic heterocycles. The van der Waals surface area contributed by atoms with E-state index in [2.05, 4.69) is 0 Å². The number of ether oxygens (including phenoxy) is 1. The van der Waals surface area contributed by atoms with E-state index in [4.69, 9.17) is 14.9 Å². The lowest BCUT2D eigenvalue weighted by Gasteiger charge is -2.26. The predicted molar refractivity (Wildman–Crippen MR) is 50.8 cm³/mol. The summed E-state index contributed by atoms with van der Waals surface area (Å²) in [5.41, 5.74) is -0.412. The smallest absolute Gasteiger partial charge is 0.110 e. The summed E-state index contributed by atoms with van der Waals surface area (Å²) in [7, 11) is 0. The predicted octanol–water partition coefficient (Wildman–Crippen LogP) is -1.12. The first kappa shape index (κ1) is 13.8. The summed E-state index contributed by atoms with van der Waals surface area (Å²) in [6.45, 7) is 4.77. The van der Waals surface area contributed by atoms with Gasteiger partial charge in [0.25, 0.3) is 0 Å². The Morgan fingerprint density at radius 2 is 1.57 bits per heavy atom. The molecule has 0 unspecified atom stereocenters. The number of aliphatic hydroxyl groups excluding tert-OH is 4. The first-order valence-corrected chi connectivity index (χ1v) is 4.57. The van der Waals surface area contributed by atoms with Crippen molar-refractivity contribution in [1.29, 1.82) is 0 Å². The molecule has 0 radical (unpaired) electrons. The van der Waals surface area contributed by atoms with Crippen LogP contribution >= 0.6 is 0 Å². The monoisotopic (exact) mass is 208 g/mol. The van der Waals surface area contributed by atoms with Crippen LogP contribution in [0.4, 0.5) is 0 Å². The molecule has 0 spiro atoms. The van der Waals surface area contributed by atoms with Gasteiger partial charge in [0.1, 0.15) is 18.3 Å². The van der Waals surface area contributed by atoms with Gasteiger partial charge in [-0.2, -0.15) is 0 Å². The molecule has 0 fully saturated rings. The highest BCUT2D eigenvalue weighted by Gasteiger charge is 2.25. The molecule has 0 rings (SSSR count). The Hall–Kier alpha value is -0.200. The fourth-order valence-electron chi connectivity index (χ4n) is 0.798. The molecule has 0 amide bonds. The van der Waals surface area contributed by atoms with Crippen LogP contribution in [-0.4, -0.2) is 57.6 Å². The van der Waals surface area contributed by atoms with Crippen LogP contribution in [0.25, 0.3) is 0 Å². The van der Waals surface area contributed by atoms with Gasteiger partial charge in [-0.15, -0.1) is 0 Å². The summed E-state index contributed by atoms with van der Waals surface area (Å²) in [6, 6.07) is 0. The van der Waals surface area contributed by atoms with Crippen LogP contribution in [0.15, 0.2) is 0 Å². The molecule has 14 heavy (non-hydrogen) atoms. The maximum absolute atomic E-state index is 9.34. The molecule has 0 saturated carbocycles. The first-order valence-electron chi connectivity index (χ1n) is 4.57. The molecule has 0 bridgehead atoms. The molecule has 0 aliphatic carbocycles. The summed E-state index contributed by atoms with van der Waals surface area (Å²) in [5.74, 6) is 0. The van der Waals surface area contributed by atoms with Crippen LogP contribution in [0, 0.1) is 0 Å². The van der Waals surface area contributed by atoms with E-state index < -0.39 is 30.5 Å². The highest BCUT2D eigenvalue weighted by molar-refractivity contribution is 4.75. The zero-order chi connectivity index (χ0) is 11.4. The minimum atomic E-state index is -1.39. The van der Waals surface area contributed by atoms with E-state index in [1.54, 1.807) is 0 Å². The van der Waals surface area contributed by atoms with Gasteiger partial charge in [-0.25, -0.2) is 0 Å². The second kappa shape index (κ2) is 5.63. The van der Waals surface area contributed by atoms with Crippen LogP contribution < -0.4 is 0 Å². The van der Waals surface area contributed by atoms with Crippen molar-refractivity contribution in [2.45, 2.75) is 44.7 Å². The third-order valence-corrected chi connectivity index (χ3v) is 1.66. The zero-order valence-corrected chi connectivity index (χ0v) is 8.84. The summed E-state index contributed by atoms with van der Waals surface area (Å²) in [6.07, 6.45) is -3.92. The largest absolute Gasteiger partial charge is 0.394 e. The van der Waals surface area contributed by atoms with E-state index in [9.17, 15) is 10.2 Å². The van der Waals surface area contributed by atoms with Gasteiger partial charge in [-0.3, -0.25) is 0 Å². The second-order valence-electron chi connectivity index (χ2n) is 4.23. The van der Waals surface area contributed by atoms with Crippen molar-refractivity contribution in [3.8, 4) is 0 Å². The molecule has 86 valence electrons. The first-order chi connectivity index (χ1) is 6.28. The van der Waals surface area contributed by atoms with Crippen molar-refractivity contribution in [3.05, 3.63) is 0 Å². The van der Waals surface area contributed by atoms with Crippen molar-refractivity contribution in [2.24, 2.45) is 0 Å². The molecule has 0 aliphatic rings. The number of aliphatic hydroxyl groups is 4. The number of rotatable bonds is 5. The molecular weight excluding hydrogens is 188 g/mol. The van der Waals surface area contributed by atoms with Crippen molar-refractivity contribution < 1.29 is 25.2 Å². The quantitative estimate of drug-likeness (QED) is 0.459. The molecular formula is C9H20O5.